The van der Waals surface area contributed by atoms with Crippen LogP contribution in [0.25, 0.3) is 0 Å². The molecule has 3 aromatic rings. The third kappa shape index (κ3) is 4.96. The number of esters is 1. The molecule has 0 spiro atoms. The van der Waals surface area contributed by atoms with Crippen molar-refractivity contribution in [1.82, 2.24) is 0 Å². The molecule has 10 heteroatoms. The van der Waals surface area contributed by atoms with Crippen molar-refractivity contribution in [2.45, 2.75) is 6.10 Å². The van der Waals surface area contributed by atoms with Crippen LogP contribution in [-0.4, -0.2) is 29.0 Å². The number of phenols is 1. The van der Waals surface area contributed by atoms with Crippen molar-refractivity contribution in [3.63, 3.8) is 0 Å². The third-order valence-corrected chi connectivity index (χ3v) is 4.74. The molecule has 0 aliphatic heterocycles. The number of carbonyl (C=O) groups is 2. The minimum Gasteiger partial charge on any atom is -0.504 e. The minimum absolute atomic E-state index is 0.0591. The quantitative estimate of drug-likeness (QED) is 0.304. The number of methoxy groups -OCH3 is 1. The van der Waals surface area contributed by atoms with Crippen LogP contribution in [0.4, 0.5) is 11.4 Å². The van der Waals surface area contributed by atoms with Crippen molar-refractivity contribution in [3.8, 4) is 11.5 Å². The number of non-ortho nitro benzene ring substituents is 1. The Morgan fingerprint density at radius 3 is 2.44 bits per heavy atom. The van der Waals surface area contributed by atoms with E-state index in [-0.39, 0.29) is 27.7 Å². The number of hydrogen-bond acceptors (Lipinski definition) is 7. The number of nitro benzene ring substituents is 1. The smallest absolute Gasteiger partial charge is 0.343 e. The average molecular weight is 457 g/mol. The van der Waals surface area contributed by atoms with E-state index < -0.39 is 28.7 Å². The summed E-state index contributed by atoms with van der Waals surface area (Å²) in [4.78, 5) is 36.0. The van der Waals surface area contributed by atoms with E-state index >= 15 is 0 Å². The maximum absolute atomic E-state index is 13.0. The molecule has 9 nitrogen and oxygen atoms in total. The number of carbonyl (C=O) groups excluding carboxylic acids is 2. The Balaban J connectivity index is 1.89. The summed E-state index contributed by atoms with van der Waals surface area (Å²) in [6.45, 7) is 0. The van der Waals surface area contributed by atoms with Gasteiger partial charge in [-0.2, -0.15) is 0 Å². The zero-order valence-corrected chi connectivity index (χ0v) is 17.4. The van der Waals surface area contributed by atoms with Gasteiger partial charge in [-0.05, 0) is 18.2 Å². The number of hydrogen-bond donors (Lipinski definition) is 2. The number of amides is 1. The fourth-order valence-corrected chi connectivity index (χ4v) is 3.06. The number of nitrogens with zero attached hydrogens (tertiary/aromatic N) is 1. The van der Waals surface area contributed by atoms with Gasteiger partial charge in [0.2, 0.25) is 6.10 Å². The van der Waals surface area contributed by atoms with Gasteiger partial charge in [-0.1, -0.05) is 48.0 Å². The predicted octanol–water partition coefficient (Wildman–Crippen LogP) is 4.50. The first-order valence-corrected chi connectivity index (χ1v) is 9.56. The van der Waals surface area contributed by atoms with Crippen molar-refractivity contribution in [2.75, 3.05) is 12.4 Å². The first-order valence-electron chi connectivity index (χ1n) is 9.18. The van der Waals surface area contributed by atoms with E-state index in [4.69, 9.17) is 21.1 Å². The highest BCUT2D eigenvalue weighted by Gasteiger charge is 2.28. The molecule has 0 radical (unpaired) electrons. The van der Waals surface area contributed by atoms with E-state index in [1.807, 2.05) is 0 Å². The standard InChI is InChI=1S/C22H17ClN2O7/c1-31-18-9-5-8-15(19(18)26)22(28)32-20(13-6-3-2-4-7-13)21(27)24-17-11-10-14(25(29)30)12-16(17)23/h2-12,20,26H,1H3,(H,24,27). The normalized spacial score (nSPS) is 11.3. The van der Waals surface area contributed by atoms with E-state index in [9.17, 15) is 24.8 Å². The van der Waals surface area contributed by atoms with Crippen LogP contribution in [0.5, 0.6) is 11.5 Å². The number of anilines is 1. The Labute approximate surface area is 187 Å². The van der Waals surface area contributed by atoms with Crippen molar-refractivity contribution < 1.29 is 29.1 Å². The molecule has 1 amide bonds. The molecule has 1 unspecified atom stereocenters. The van der Waals surface area contributed by atoms with Gasteiger partial charge < -0.3 is 19.9 Å². The maximum atomic E-state index is 13.0. The van der Waals surface area contributed by atoms with Gasteiger partial charge in [0, 0.05) is 17.7 Å². The van der Waals surface area contributed by atoms with Gasteiger partial charge in [0.1, 0.15) is 5.56 Å². The molecule has 0 aliphatic carbocycles. The van der Waals surface area contributed by atoms with Gasteiger partial charge in [0.25, 0.3) is 11.6 Å². The lowest BCUT2D eigenvalue weighted by molar-refractivity contribution is -0.384. The summed E-state index contributed by atoms with van der Waals surface area (Å²) in [6.07, 6.45) is -1.40. The van der Waals surface area contributed by atoms with Gasteiger partial charge in [0.15, 0.2) is 11.5 Å². The topological polar surface area (TPSA) is 128 Å². The number of nitro groups is 1. The molecule has 0 bridgehead atoms. The zero-order chi connectivity index (χ0) is 23.3. The van der Waals surface area contributed by atoms with E-state index in [0.717, 1.165) is 6.07 Å². The van der Waals surface area contributed by atoms with Crippen molar-refractivity contribution in [3.05, 3.63) is 93.0 Å². The summed E-state index contributed by atoms with van der Waals surface area (Å²) in [5.74, 6) is -2.06. The minimum atomic E-state index is -1.40. The second-order valence-electron chi connectivity index (χ2n) is 6.46. The molecule has 0 aromatic heterocycles. The lowest BCUT2D eigenvalue weighted by Gasteiger charge is -2.19. The highest BCUT2D eigenvalue weighted by molar-refractivity contribution is 6.34. The van der Waals surface area contributed by atoms with Crippen molar-refractivity contribution in [1.29, 1.82) is 0 Å². The number of para-hydroxylation sites is 1. The van der Waals surface area contributed by atoms with Gasteiger partial charge in [-0.25, -0.2) is 4.79 Å². The SMILES string of the molecule is COc1cccc(C(=O)OC(C(=O)Nc2ccc([N+](=O)[O-])cc2Cl)c2ccccc2)c1O. The third-order valence-electron chi connectivity index (χ3n) is 4.43. The number of nitrogens with one attached hydrogen (secondary N) is 1. The van der Waals surface area contributed by atoms with Gasteiger partial charge in [-0.15, -0.1) is 0 Å². The Kier molecular flexibility index (Phi) is 6.91. The first kappa shape index (κ1) is 22.6. The summed E-state index contributed by atoms with van der Waals surface area (Å²) in [5.41, 5.74) is 0.0289. The fourth-order valence-electron chi connectivity index (χ4n) is 2.84. The molecule has 3 aromatic carbocycles. The molecular weight excluding hydrogens is 440 g/mol. The highest BCUT2D eigenvalue weighted by Crippen LogP contribution is 2.32. The molecule has 32 heavy (non-hydrogen) atoms. The predicted molar refractivity (Wildman–Crippen MR) is 116 cm³/mol. The molecule has 0 saturated carbocycles. The second kappa shape index (κ2) is 9.80. The summed E-state index contributed by atoms with van der Waals surface area (Å²) < 4.78 is 10.4. The Hall–Kier alpha value is -4.11. The van der Waals surface area contributed by atoms with E-state index in [1.165, 1.54) is 37.4 Å². The van der Waals surface area contributed by atoms with Gasteiger partial charge in [-0.3, -0.25) is 14.9 Å². The number of halogens is 1. The molecule has 0 saturated heterocycles. The maximum Gasteiger partial charge on any atom is 0.343 e. The van der Waals surface area contributed by atoms with Crippen LogP contribution >= 0.6 is 11.6 Å². The molecule has 164 valence electrons. The summed E-state index contributed by atoms with van der Waals surface area (Å²) in [5, 5.41) is 23.6. The van der Waals surface area contributed by atoms with Crippen LogP contribution in [0.3, 0.4) is 0 Å². The van der Waals surface area contributed by atoms with Gasteiger partial charge >= 0.3 is 5.97 Å². The molecule has 2 N–H and O–H groups in total. The van der Waals surface area contributed by atoms with E-state index in [1.54, 1.807) is 30.3 Å². The Bertz CT molecular complexity index is 1170. The largest absolute Gasteiger partial charge is 0.504 e. The number of ether oxygens (including phenoxy) is 2. The molecule has 0 fully saturated rings. The molecular formula is C22H17ClN2O7. The zero-order valence-electron chi connectivity index (χ0n) is 16.7. The first-order chi connectivity index (χ1) is 15.3. The number of benzene rings is 3. The van der Waals surface area contributed by atoms with E-state index in [2.05, 4.69) is 5.32 Å². The molecule has 0 aliphatic rings. The molecule has 1 atom stereocenters. The van der Waals surface area contributed by atoms with Crippen molar-refractivity contribution >= 4 is 34.9 Å². The van der Waals surface area contributed by atoms with Crippen molar-refractivity contribution in [2.24, 2.45) is 0 Å². The van der Waals surface area contributed by atoms with Crippen LogP contribution in [0.15, 0.2) is 66.7 Å². The number of rotatable bonds is 7. The summed E-state index contributed by atoms with van der Waals surface area (Å²) >= 11 is 6.05. The average Bonchev–Trinajstić information content (AvgIpc) is 2.79. The molecule has 0 heterocycles. The summed E-state index contributed by atoms with van der Waals surface area (Å²) in [7, 11) is 1.33. The fraction of sp³-hybridized carbons (Fsp3) is 0.0909. The van der Waals surface area contributed by atoms with Crippen LogP contribution in [0.1, 0.15) is 22.0 Å². The van der Waals surface area contributed by atoms with Crippen LogP contribution in [0, 0.1) is 10.1 Å². The highest BCUT2D eigenvalue weighted by atomic mass is 35.5. The Morgan fingerprint density at radius 1 is 1.09 bits per heavy atom. The van der Waals surface area contributed by atoms with Crippen LogP contribution in [-0.2, 0) is 9.53 Å². The van der Waals surface area contributed by atoms with Crippen LogP contribution in [0.2, 0.25) is 5.02 Å². The number of phenolic OH excluding ortho intramolecular Hbond substituents is 1. The number of aromatic hydroxyl groups is 1. The second-order valence-corrected chi connectivity index (χ2v) is 6.87. The molecule has 3 rings (SSSR count). The lowest BCUT2D eigenvalue weighted by Crippen LogP contribution is -2.26. The Morgan fingerprint density at radius 2 is 1.81 bits per heavy atom. The van der Waals surface area contributed by atoms with Crippen LogP contribution < -0.4 is 10.1 Å². The summed E-state index contributed by atoms with van der Waals surface area (Å²) in [6, 6.07) is 16.0. The monoisotopic (exact) mass is 456 g/mol. The lowest BCUT2D eigenvalue weighted by atomic mass is 10.1. The van der Waals surface area contributed by atoms with Gasteiger partial charge in [0.05, 0.1) is 22.7 Å². The van der Waals surface area contributed by atoms with E-state index in [0.29, 0.717) is 5.56 Å².